The Hall–Kier alpha value is -0.670. The third-order valence-electron chi connectivity index (χ3n) is 3.25. The van der Waals surface area contributed by atoms with Gasteiger partial charge in [0.15, 0.2) is 0 Å². The summed E-state index contributed by atoms with van der Waals surface area (Å²) in [6, 6.07) is 10.1. The highest BCUT2D eigenvalue weighted by Gasteiger charge is 2.28. The van der Waals surface area contributed by atoms with Gasteiger partial charge in [-0.05, 0) is 23.8 Å². The van der Waals surface area contributed by atoms with Crippen LogP contribution < -0.4 is 0 Å². The Labute approximate surface area is 118 Å². The molecule has 1 atom stereocenters. The predicted octanol–water partition coefficient (Wildman–Crippen LogP) is 3.36. The summed E-state index contributed by atoms with van der Waals surface area (Å²) in [6.07, 6.45) is 1.33. The number of alkyl halides is 1. The molecule has 0 aliphatic heterocycles. The summed E-state index contributed by atoms with van der Waals surface area (Å²) in [5.74, 6) is 0.143. The van der Waals surface area contributed by atoms with Gasteiger partial charge < -0.3 is 5.11 Å². The molecule has 0 spiro atoms. The maximum atomic E-state index is 11.2. The van der Waals surface area contributed by atoms with Crippen molar-refractivity contribution in [3.8, 4) is 0 Å². The minimum absolute atomic E-state index is 0.143. The number of aliphatic hydroxyl groups is 1. The summed E-state index contributed by atoms with van der Waals surface area (Å²) in [5, 5.41) is 10.6. The Kier molecular flexibility index (Phi) is 6.03. The van der Waals surface area contributed by atoms with Crippen LogP contribution in [-0.4, -0.2) is 22.3 Å². The van der Waals surface area contributed by atoms with Crippen LogP contribution in [-0.2, 0) is 11.2 Å². The van der Waals surface area contributed by atoms with Gasteiger partial charge in [0.25, 0.3) is 0 Å². The summed E-state index contributed by atoms with van der Waals surface area (Å²) in [7, 11) is 0. The van der Waals surface area contributed by atoms with E-state index in [1.54, 1.807) is 0 Å². The lowest BCUT2D eigenvalue weighted by Gasteiger charge is -2.30. The molecule has 0 aliphatic carbocycles. The monoisotopic (exact) mass is 312 g/mol. The van der Waals surface area contributed by atoms with Crippen molar-refractivity contribution in [2.24, 2.45) is 5.41 Å². The molecule has 0 amide bonds. The van der Waals surface area contributed by atoms with Crippen molar-refractivity contribution in [2.45, 2.75) is 39.2 Å². The van der Waals surface area contributed by atoms with Gasteiger partial charge in [-0.25, -0.2) is 0 Å². The fraction of sp³-hybridized carbons (Fsp3) is 0.533. The first-order chi connectivity index (χ1) is 8.45. The fourth-order valence-electron chi connectivity index (χ4n) is 2.00. The zero-order valence-electron chi connectivity index (χ0n) is 11.0. The van der Waals surface area contributed by atoms with E-state index in [0.29, 0.717) is 18.2 Å². The highest BCUT2D eigenvalue weighted by atomic mass is 79.9. The SMILES string of the molecule is CC(C)(Cc1ccccc1)C(O)CCC(=O)CBr. The van der Waals surface area contributed by atoms with Crippen LogP contribution in [0, 0.1) is 5.41 Å². The van der Waals surface area contributed by atoms with Crippen LogP contribution in [0.25, 0.3) is 0 Å². The van der Waals surface area contributed by atoms with Gasteiger partial charge in [-0.2, -0.15) is 0 Å². The van der Waals surface area contributed by atoms with Crippen LogP contribution in [0.1, 0.15) is 32.3 Å². The third-order valence-corrected chi connectivity index (χ3v) is 3.88. The van der Waals surface area contributed by atoms with Crippen molar-refractivity contribution in [2.75, 3.05) is 5.33 Å². The Balaban J connectivity index is 2.54. The molecular weight excluding hydrogens is 292 g/mol. The number of halogens is 1. The topological polar surface area (TPSA) is 37.3 Å². The van der Waals surface area contributed by atoms with Crippen molar-refractivity contribution >= 4 is 21.7 Å². The molecule has 0 fully saturated rings. The molecular formula is C15H21BrO2. The first-order valence-electron chi connectivity index (χ1n) is 6.25. The number of aliphatic hydroxyl groups excluding tert-OH is 1. The molecule has 0 heterocycles. The molecule has 1 aromatic rings. The summed E-state index contributed by atoms with van der Waals surface area (Å²) >= 11 is 3.14. The molecule has 1 rings (SSSR count). The second-order valence-electron chi connectivity index (χ2n) is 5.38. The van der Waals surface area contributed by atoms with E-state index in [1.165, 1.54) is 5.56 Å². The molecule has 3 heteroatoms. The normalized spacial score (nSPS) is 13.3. The maximum Gasteiger partial charge on any atom is 0.143 e. The Morgan fingerprint density at radius 2 is 1.94 bits per heavy atom. The van der Waals surface area contributed by atoms with Gasteiger partial charge in [0, 0.05) is 6.42 Å². The predicted molar refractivity (Wildman–Crippen MR) is 78.0 cm³/mol. The van der Waals surface area contributed by atoms with Crippen LogP contribution in [0.4, 0.5) is 0 Å². The summed E-state index contributed by atoms with van der Waals surface area (Å²) in [5.41, 5.74) is 1.00. The molecule has 100 valence electrons. The third kappa shape index (κ3) is 4.91. The quantitative estimate of drug-likeness (QED) is 0.784. The van der Waals surface area contributed by atoms with Crippen molar-refractivity contribution < 1.29 is 9.90 Å². The van der Waals surface area contributed by atoms with Crippen molar-refractivity contribution in [1.29, 1.82) is 0 Å². The smallest absolute Gasteiger partial charge is 0.143 e. The van der Waals surface area contributed by atoms with Crippen molar-refractivity contribution in [3.63, 3.8) is 0 Å². The van der Waals surface area contributed by atoms with E-state index in [9.17, 15) is 9.90 Å². The molecule has 0 saturated carbocycles. The van der Waals surface area contributed by atoms with Crippen LogP contribution in [0.5, 0.6) is 0 Å². The number of ketones is 1. The lowest BCUT2D eigenvalue weighted by molar-refractivity contribution is -0.117. The van der Waals surface area contributed by atoms with Gasteiger partial charge >= 0.3 is 0 Å². The summed E-state index contributed by atoms with van der Waals surface area (Å²) in [4.78, 5) is 11.2. The summed E-state index contributed by atoms with van der Waals surface area (Å²) in [6.45, 7) is 4.09. The average molecular weight is 313 g/mol. The Morgan fingerprint density at radius 3 is 2.50 bits per heavy atom. The van der Waals surface area contributed by atoms with Gasteiger partial charge in [-0.15, -0.1) is 0 Å². The van der Waals surface area contributed by atoms with E-state index in [1.807, 2.05) is 32.0 Å². The first-order valence-corrected chi connectivity index (χ1v) is 7.37. The van der Waals surface area contributed by atoms with Gasteiger partial charge in [0.2, 0.25) is 0 Å². The lowest BCUT2D eigenvalue weighted by atomic mass is 9.78. The zero-order valence-corrected chi connectivity index (χ0v) is 12.6. The molecule has 0 aromatic heterocycles. The van der Waals surface area contributed by atoms with Gasteiger partial charge in [-0.3, -0.25) is 4.79 Å². The van der Waals surface area contributed by atoms with Gasteiger partial charge in [0.1, 0.15) is 5.78 Å². The molecule has 0 aliphatic rings. The minimum atomic E-state index is -0.458. The largest absolute Gasteiger partial charge is 0.393 e. The average Bonchev–Trinajstić information content (AvgIpc) is 2.36. The Bertz CT molecular complexity index is 373. The van der Waals surface area contributed by atoms with Crippen molar-refractivity contribution in [3.05, 3.63) is 35.9 Å². The van der Waals surface area contributed by atoms with Crippen LogP contribution in [0.3, 0.4) is 0 Å². The number of carbonyl (C=O) groups is 1. The number of benzene rings is 1. The highest BCUT2D eigenvalue weighted by Crippen LogP contribution is 2.28. The Morgan fingerprint density at radius 1 is 1.33 bits per heavy atom. The fourth-order valence-corrected chi connectivity index (χ4v) is 2.28. The molecule has 0 radical (unpaired) electrons. The number of carbonyl (C=O) groups excluding carboxylic acids is 1. The zero-order chi connectivity index (χ0) is 13.6. The molecule has 0 bridgehead atoms. The number of hydrogen-bond acceptors (Lipinski definition) is 2. The standard InChI is InChI=1S/C15H21BrO2/c1-15(2,10-12-6-4-3-5-7-12)14(18)9-8-13(17)11-16/h3-7,14,18H,8-11H2,1-2H3. The van der Waals surface area contributed by atoms with Gasteiger partial charge in [-0.1, -0.05) is 60.1 Å². The van der Waals surface area contributed by atoms with E-state index in [2.05, 4.69) is 28.1 Å². The molecule has 1 unspecified atom stereocenters. The first kappa shape index (κ1) is 15.4. The minimum Gasteiger partial charge on any atom is -0.393 e. The van der Waals surface area contributed by atoms with E-state index in [0.717, 1.165) is 6.42 Å². The van der Waals surface area contributed by atoms with Crippen LogP contribution in [0.2, 0.25) is 0 Å². The molecule has 1 aromatic carbocycles. The van der Waals surface area contributed by atoms with E-state index >= 15 is 0 Å². The number of Topliss-reactive ketones (excluding diaryl/α,β-unsaturated/α-hetero) is 1. The molecule has 0 saturated heterocycles. The van der Waals surface area contributed by atoms with E-state index in [-0.39, 0.29) is 11.2 Å². The second-order valence-corrected chi connectivity index (χ2v) is 5.94. The molecule has 1 N–H and O–H groups in total. The second kappa shape index (κ2) is 7.05. The molecule has 18 heavy (non-hydrogen) atoms. The van der Waals surface area contributed by atoms with Crippen molar-refractivity contribution in [1.82, 2.24) is 0 Å². The van der Waals surface area contributed by atoms with E-state index in [4.69, 9.17) is 0 Å². The number of hydrogen-bond donors (Lipinski definition) is 1. The van der Waals surface area contributed by atoms with Crippen LogP contribution >= 0.6 is 15.9 Å². The number of rotatable bonds is 7. The van der Waals surface area contributed by atoms with Gasteiger partial charge in [0.05, 0.1) is 11.4 Å². The molecule has 2 nitrogen and oxygen atoms in total. The lowest BCUT2D eigenvalue weighted by Crippen LogP contribution is -2.32. The maximum absolute atomic E-state index is 11.2. The van der Waals surface area contributed by atoms with E-state index < -0.39 is 6.10 Å². The van der Waals surface area contributed by atoms with Crippen LogP contribution in [0.15, 0.2) is 30.3 Å². The highest BCUT2D eigenvalue weighted by molar-refractivity contribution is 9.09. The summed E-state index contributed by atoms with van der Waals surface area (Å²) < 4.78 is 0.